The normalized spacial score (nSPS) is 14.9. The fourth-order valence-corrected chi connectivity index (χ4v) is 3.92. The maximum absolute atomic E-state index is 12.9. The summed E-state index contributed by atoms with van der Waals surface area (Å²) < 4.78 is 62.4. The molecule has 3 rings (SSSR count). The predicted molar refractivity (Wildman–Crippen MR) is 68.7 cm³/mol. The maximum atomic E-state index is 12.9. The minimum Gasteiger partial charge on any atom is -0.219 e. The summed E-state index contributed by atoms with van der Waals surface area (Å²) in [5, 5.41) is -1.67. The highest BCUT2D eigenvalue weighted by Gasteiger charge is 2.54. The first-order valence-corrected chi connectivity index (χ1v) is 7.37. The van der Waals surface area contributed by atoms with E-state index in [9.17, 15) is 21.6 Å². The Labute approximate surface area is 113 Å². The molecule has 0 aliphatic heterocycles. The van der Waals surface area contributed by atoms with Crippen LogP contribution in [-0.2, 0) is 9.84 Å². The highest BCUT2D eigenvalue weighted by molar-refractivity contribution is 7.92. The summed E-state index contributed by atoms with van der Waals surface area (Å²) in [7, 11) is -5.30. The zero-order chi connectivity index (χ0) is 14.5. The molecule has 0 amide bonds. The lowest BCUT2D eigenvalue weighted by Gasteiger charge is -2.16. The average Bonchev–Trinajstić information content (AvgIpc) is 2.72. The van der Waals surface area contributed by atoms with E-state index >= 15 is 0 Å². The summed E-state index contributed by atoms with van der Waals surface area (Å²) in [6.45, 7) is 0. The number of hydrogen-bond donors (Lipinski definition) is 0. The predicted octanol–water partition coefficient (Wildman–Crippen LogP) is 3.69. The molecule has 2 aromatic rings. The van der Waals surface area contributed by atoms with Gasteiger partial charge in [-0.15, -0.1) is 0 Å². The summed E-state index contributed by atoms with van der Waals surface area (Å²) in [4.78, 5) is 0. The van der Waals surface area contributed by atoms with E-state index in [4.69, 9.17) is 0 Å². The van der Waals surface area contributed by atoms with Gasteiger partial charge in [-0.1, -0.05) is 48.5 Å². The second kappa shape index (κ2) is 4.09. The van der Waals surface area contributed by atoms with E-state index in [-0.39, 0.29) is 11.1 Å². The molecule has 2 aromatic carbocycles. The second-order valence-corrected chi connectivity index (χ2v) is 6.57. The smallest absolute Gasteiger partial charge is 0.219 e. The van der Waals surface area contributed by atoms with E-state index in [2.05, 4.69) is 0 Å². The standard InChI is InChI=1S/C14H9F3O2S/c15-14(16,17)20(18,19)13-11-7-3-1-5-9(11)10-6-2-4-8-12(10)13/h1-8,13H. The molecule has 0 saturated heterocycles. The molecular weight excluding hydrogens is 289 g/mol. The molecule has 0 unspecified atom stereocenters. The molecule has 6 heteroatoms. The molecule has 0 heterocycles. The lowest BCUT2D eigenvalue weighted by atomic mass is 10.1. The lowest BCUT2D eigenvalue weighted by molar-refractivity contribution is -0.0441. The van der Waals surface area contributed by atoms with Crippen molar-refractivity contribution in [3.8, 4) is 11.1 Å². The Kier molecular flexibility index (Phi) is 2.69. The third-order valence-corrected chi connectivity index (χ3v) is 5.18. The molecule has 0 saturated carbocycles. The van der Waals surface area contributed by atoms with Crippen LogP contribution in [0.4, 0.5) is 13.2 Å². The van der Waals surface area contributed by atoms with E-state index in [1.165, 1.54) is 12.1 Å². The summed E-state index contributed by atoms with van der Waals surface area (Å²) >= 11 is 0. The first kappa shape index (κ1) is 13.2. The van der Waals surface area contributed by atoms with Gasteiger partial charge in [0.25, 0.3) is 9.84 Å². The Hall–Kier alpha value is -1.82. The van der Waals surface area contributed by atoms with Gasteiger partial charge in [0, 0.05) is 0 Å². The van der Waals surface area contributed by atoms with Gasteiger partial charge < -0.3 is 0 Å². The molecule has 1 aliphatic rings. The van der Waals surface area contributed by atoms with E-state index in [1.54, 1.807) is 36.4 Å². The van der Waals surface area contributed by atoms with Crippen LogP contribution in [0.1, 0.15) is 16.4 Å². The largest absolute Gasteiger partial charge is 0.498 e. The van der Waals surface area contributed by atoms with Crippen molar-refractivity contribution in [3.05, 3.63) is 59.7 Å². The van der Waals surface area contributed by atoms with E-state index in [0.717, 1.165) is 0 Å². The average molecular weight is 298 g/mol. The summed E-state index contributed by atoms with van der Waals surface area (Å²) in [6, 6.07) is 12.6. The van der Waals surface area contributed by atoms with Gasteiger partial charge in [-0.3, -0.25) is 0 Å². The van der Waals surface area contributed by atoms with Crippen molar-refractivity contribution in [2.75, 3.05) is 0 Å². The molecule has 0 N–H and O–H groups in total. The van der Waals surface area contributed by atoms with Gasteiger partial charge in [-0.05, 0) is 22.3 Å². The van der Waals surface area contributed by atoms with Crippen LogP contribution in [0, 0.1) is 0 Å². The zero-order valence-corrected chi connectivity index (χ0v) is 10.9. The minimum absolute atomic E-state index is 0.186. The van der Waals surface area contributed by atoms with Crippen molar-refractivity contribution in [1.29, 1.82) is 0 Å². The number of rotatable bonds is 1. The summed E-state index contributed by atoms with van der Waals surface area (Å²) in [5.74, 6) is 0. The van der Waals surface area contributed by atoms with Gasteiger partial charge >= 0.3 is 5.51 Å². The molecule has 0 bridgehead atoms. The topological polar surface area (TPSA) is 34.1 Å². The molecule has 0 aromatic heterocycles. The van der Waals surface area contributed by atoms with Gasteiger partial charge in [-0.25, -0.2) is 8.42 Å². The third kappa shape index (κ3) is 1.67. The number of fused-ring (bicyclic) bond motifs is 3. The summed E-state index contributed by atoms with van der Waals surface area (Å²) in [6.07, 6.45) is 0. The van der Waals surface area contributed by atoms with Crippen LogP contribution in [0.25, 0.3) is 11.1 Å². The number of halogens is 3. The van der Waals surface area contributed by atoms with Crippen molar-refractivity contribution in [2.45, 2.75) is 10.8 Å². The van der Waals surface area contributed by atoms with Crippen LogP contribution >= 0.6 is 0 Å². The Morgan fingerprint density at radius 1 is 0.800 bits per heavy atom. The van der Waals surface area contributed by atoms with Crippen molar-refractivity contribution < 1.29 is 21.6 Å². The molecule has 0 fully saturated rings. The zero-order valence-electron chi connectivity index (χ0n) is 10.1. The van der Waals surface area contributed by atoms with Crippen LogP contribution in [0.15, 0.2) is 48.5 Å². The van der Waals surface area contributed by atoms with Gasteiger partial charge in [0.2, 0.25) is 0 Å². The van der Waals surface area contributed by atoms with Crippen LogP contribution in [0.3, 0.4) is 0 Å². The fraction of sp³-hybridized carbons (Fsp3) is 0.143. The Balaban J connectivity index is 2.33. The Bertz CT molecular complexity index is 734. The van der Waals surface area contributed by atoms with Crippen LogP contribution in [-0.4, -0.2) is 13.9 Å². The third-order valence-electron chi connectivity index (χ3n) is 3.41. The lowest BCUT2D eigenvalue weighted by Crippen LogP contribution is -2.28. The van der Waals surface area contributed by atoms with Crippen molar-refractivity contribution in [3.63, 3.8) is 0 Å². The molecule has 0 spiro atoms. The molecule has 104 valence electrons. The van der Waals surface area contributed by atoms with Crippen LogP contribution in [0.5, 0.6) is 0 Å². The molecular formula is C14H9F3O2S. The first-order valence-electron chi connectivity index (χ1n) is 5.82. The van der Waals surface area contributed by atoms with Crippen molar-refractivity contribution in [2.24, 2.45) is 0 Å². The minimum atomic E-state index is -5.30. The van der Waals surface area contributed by atoms with Gasteiger partial charge in [0.15, 0.2) is 0 Å². The molecule has 1 aliphatic carbocycles. The Morgan fingerprint density at radius 3 is 1.60 bits per heavy atom. The molecule has 0 radical (unpaired) electrons. The summed E-state index contributed by atoms with van der Waals surface area (Å²) in [5.41, 5.74) is -3.82. The number of sulfone groups is 1. The first-order chi connectivity index (χ1) is 9.34. The van der Waals surface area contributed by atoms with Gasteiger partial charge in [0.1, 0.15) is 5.25 Å². The molecule has 0 atom stereocenters. The number of alkyl halides is 3. The van der Waals surface area contributed by atoms with Gasteiger partial charge in [-0.2, -0.15) is 13.2 Å². The van der Waals surface area contributed by atoms with Crippen molar-refractivity contribution >= 4 is 9.84 Å². The van der Waals surface area contributed by atoms with Crippen LogP contribution < -0.4 is 0 Å². The Morgan fingerprint density at radius 2 is 1.20 bits per heavy atom. The number of hydrogen-bond acceptors (Lipinski definition) is 2. The highest BCUT2D eigenvalue weighted by Crippen LogP contribution is 2.50. The molecule has 20 heavy (non-hydrogen) atoms. The van der Waals surface area contributed by atoms with E-state index in [0.29, 0.717) is 11.1 Å². The quantitative estimate of drug-likeness (QED) is 0.804. The maximum Gasteiger partial charge on any atom is 0.498 e. The second-order valence-electron chi connectivity index (χ2n) is 4.55. The SMILES string of the molecule is O=S(=O)(C1c2ccccc2-c2ccccc21)C(F)(F)F. The van der Waals surface area contributed by atoms with Crippen LogP contribution in [0.2, 0.25) is 0 Å². The van der Waals surface area contributed by atoms with E-state index < -0.39 is 20.6 Å². The van der Waals surface area contributed by atoms with Crippen molar-refractivity contribution in [1.82, 2.24) is 0 Å². The fourth-order valence-electron chi connectivity index (χ4n) is 2.58. The van der Waals surface area contributed by atoms with E-state index in [1.807, 2.05) is 0 Å². The highest BCUT2D eigenvalue weighted by atomic mass is 32.2. The van der Waals surface area contributed by atoms with Gasteiger partial charge in [0.05, 0.1) is 0 Å². The molecule has 2 nitrogen and oxygen atoms in total. The number of benzene rings is 2. The monoisotopic (exact) mass is 298 g/mol.